The zero-order valence-electron chi connectivity index (χ0n) is 9.72. The molecule has 1 aromatic carbocycles. The van der Waals surface area contributed by atoms with Crippen molar-refractivity contribution in [2.45, 2.75) is 13.5 Å². The lowest BCUT2D eigenvalue weighted by atomic mass is 10.2. The number of aromatic nitrogens is 2. The van der Waals surface area contributed by atoms with Gasteiger partial charge in [-0.25, -0.2) is 14.2 Å². The molecule has 0 saturated carbocycles. The van der Waals surface area contributed by atoms with Crippen LogP contribution in [0, 0.1) is 12.7 Å². The number of nitrogens with zero attached hydrogens (tertiary/aromatic N) is 2. The summed E-state index contributed by atoms with van der Waals surface area (Å²) in [5, 5.41) is 10.8. The summed E-state index contributed by atoms with van der Waals surface area (Å²) in [4.78, 5) is 14.5. The van der Waals surface area contributed by atoms with Crippen LogP contribution in [0.4, 0.5) is 9.18 Å². The number of aryl methyl sites for hydroxylation is 1. The van der Waals surface area contributed by atoms with Crippen molar-refractivity contribution in [1.29, 1.82) is 0 Å². The van der Waals surface area contributed by atoms with Gasteiger partial charge in [-0.3, -0.25) is 0 Å². The van der Waals surface area contributed by atoms with E-state index in [1.807, 2.05) is 0 Å². The maximum absolute atomic E-state index is 13.5. The van der Waals surface area contributed by atoms with E-state index in [0.717, 1.165) is 0 Å². The Hall–Kier alpha value is -2.37. The lowest BCUT2D eigenvalue weighted by Crippen LogP contribution is -2.22. The van der Waals surface area contributed by atoms with E-state index >= 15 is 0 Å². The van der Waals surface area contributed by atoms with Crippen molar-refractivity contribution in [3.05, 3.63) is 47.8 Å². The number of carboxylic acid groups (broad SMARTS) is 1. The van der Waals surface area contributed by atoms with Crippen molar-refractivity contribution in [1.82, 2.24) is 14.9 Å². The first-order chi connectivity index (χ1) is 8.58. The standard InChI is InChI=1S/C12H12FN3O2/c1-8-2-3-9(6-10(8)13)16-5-4-14-11(16)7-15-12(17)18/h2-6,15H,7H2,1H3,(H,17,18). The number of imidazole rings is 1. The van der Waals surface area contributed by atoms with Crippen LogP contribution in [0.2, 0.25) is 0 Å². The SMILES string of the molecule is Cc1ccc(-n2ccnc2CNC(=O)O)cc1F. The molecule has 0 unspecified atom stereocenters. The Balaban J connectivity index is 2.30. The first-order valence-electron chi connectivity index (χ1n) is 5.33. The summed E-state index contributed by atoms with van der Waals surface area (Å²) in [7, 11) is 0. The van der Waals surface area contributed by atoms with Crippen molar-refractivity contribution in [2.24, 2.45) is 0 Å². The van der Waals surface area contributed by atoms with Gasteiger partial charge in [0, 0.05) is 18.1 Å². The van der Waals surface area contributed by atoms with Gasteiger partial charge < -0.3 is 15.0 Å². The lowest BCUT2D eigenvalue weighted by molar-refractivity contribution is 0.193. The number of nitrogens with one attached hydrogen (secondary N) is 1. The monoisotopic (exact) mass is 249 g/mol. The van der Waals surface area contributed by atoms with Gasteiger partial charge in [-0.2, -0.15) is 0 Å². The molecule has 0 spiro atoms. The molecule has 0 atom stereocenters. The number of carbonyl (C=O) groups is 1. The quantitative estimate of drug-likeness (QED) is 0.875. The summed E-state index contributed by atoms with van der Waals surface area (Å²) in [6.07, 6.45) is 2.07. The highest BCUT2D eigenvalue weighted by molar-refractivity contribution is 5.64. The zero-order chi connectivity index (χ0) is 13.1. The maximum Gasteiger partial charge on any atom is 0.405 e. The van der Waals surface area contributed by atoms with Gasteiger partial charge in [-0.05, 0) is 24.6 Å². The second-order valence-corrected chi connectivity index (χ2v) is 3.81. The first-order valence-corrected chi connectivity index (χ1v) is 5.33. The molecule has 0 aliphatic carbocycles. The molecule has 1 heterocycles. The molecule has 1 aromatic heterocycles. The van der Waals surface area contributed by atoms with Crippen molar-refractivity contribution >= 4 is 6.09 Å². The Morgan fingerprint density at radius 3 is 3.00 bits per heavy atom. The number of hydrogen-bond acceptors (Lipinski definition) is 2. The number of hydrogen-bond donors (Lipinski definition) is 2. The van der Waals surface area contributed by atoms with E-state index in [2.05, 4.69) is 10.3 Å². The van der Waals surface area contributed by atoms with Crippen LogP contribution >= 0.6 is 0 Å². The van der Waals surface area contributed by atoms with E-state index < -0.39 is 6.09 Å². The van der Waals surface area contributed by atoms with Crippen molar-refractivity contribution in [3.63, 3.8) is 0 Å². The molecular weight excluding hydrogens is 237 g/mol. The molecule has 0 bridgehead atoms. The molecule has 0 aliphatic heterocycles. The molecule has 5 nitrogen and oxygen atoms in total. The molecule has 2 aromatic rings. The van der Waals surface area contributed by atoms with Crippen molar-refractivity contribution < 1.29 is 14.3 Å². The highest BCUT2D eigenvalue weighted by atomic mass is 19.1. The van der Waals surface area contributed by atoms with Gasteiger partial charge in [0.2, 0.25) is 0 Å². The van der Waals surface area contributed by atoms with E-state index in [1.165, 1.54) is 12.3 Å². The van der Waals surface area contributed by atoms with Crippen LogP contribution < -0.4 is 5.32 Å². The van der Waals surface area contributed by atoms with Gasteiger partial charge in [-0.1, -0.05) is 6.07 Å². The summed E-state index contributed by atoms with van der Waals surface area (Å²) >= 11 is 0. The second kappa shape index (κ2) is 4.87. The van der Waals surface area contributed by atoms with Crippen LogP contribution in [0.1, 0.15) is 11.4 Å². The molecule has 0 saturated heterocycles. The summed E-state index contributed by atoms with van der Waals surface area (Å²) in [6, 6.07) is 4.81. The Bertz CT molecular complexity index is 580. The third-order valence-electron chi connectivity index (χ3n) is 2.55. The molecule has 0 fully saturated rings. The van der Waals surface area contributed by atoms with E-state index in [-0.39, 0.29) is 12.4 Å². The molecule has 94 valence electrons. The van der Waals surface area contributed by atoms with E-state index in [1.54, 1.807) is 29.8 Å². The minimum absolute atomic E-state index is 0.0673. The van der Waals surface area contributed by atoms with E-state index in [0.29, 0.717) is 17.1 Å². The average molecular weight is 249 g/mol. The van der Waals surface area contributed by atoms with Crippen LogP contribution in [0.3, 0.4) is 0 Å². The highest BCUT2D eigenvalue weighted by Gasteiger charge is 2.07. The van der Waals surface area contributed by atoms with Crippen LogP contribution in [0.25, 0.3) is 5.69 Å². The topological polar surface area (TPSA) is 67.2 Å². The normalized spacial score (nSPS) is 10.3. The minimum atomic E-state index is -1.13. The third-order valence-corrected chi connectivity index (χ3v) is 2.55. The second-order valence-electron chi connectivity index (χ2n) is 3.81. The fraction of sp³-hybridized carbons (Fsp3) is 0.167. The fourth-order valence-electron chi connectivity index (χ4n) is 1.59. The lowest BCUT2D eigenvalue weighted by Gasteiger charge is -2.08. The predicted octanol–water partition coefficient (Wildman–Crippen LogP) is 2.09. The van der Waals surface area contributed by atoms with Crippen molar-refractivity contribution in [3.8, 4) is 5.69 Å². The van der Waals surface area contributed by atoms with Gasteiger partial charge in [0.25, 0.3) is 0 Å². The van der Waals surface area contributed by atoms with Crippen LogP contribution in [0.5, 0.6) is 0 Å². The maximum atomic E-state index is 13.5. The van der Waals surface area contributed by atoms with Crippen LogP contribution in [0.15, 0.2) is 30.6 Å². The highest BCUT2D eigenvalue weighted by Crippen LogP contribution is 2.15. The molecule has 2 N–H and O–H groups in total. The van der Waals surface area contributed by atoms with Gasteiger partial charge >= 0.3 is 6.09 Å². The smallest absolute Gasteiger partial charge is 0.405 e. The Labute approximate surface area is 103 Å². The molecule has 2 rings (SSSR count). The molecular formula is C12H12FN3O2. The summed E-state index contributed by atoms with van der Waals surface area (Å²) in [5.41, 5.74) is 1.17. The number of amides is 1. The predicted molar refractivity (Wildman–Crippen MR) is 63.1 cm³/mol. The minimum Gasteiger partial charge on any atom is -0.465 e. The molecule has 18 heavy (non-hydrogen) atoms. The van der Waals surface area contributed by atoms with Crippen LogP contribution in [-0.2, 0) is 6.54 Å². The van der Waals surface area contributed by atoms with Crippen molar-refractivity contribution in [2.75, 3.05) is 0 Å². The number of halogens is 1. The van der Waals surface area contributed by atoms with E-state index in [4.69, 9.17) is 5.11 Å². The molecule has 0 aliphatic rings. The fourth-order valence-corrected chi connectivity index (χ4v) is 1.59. The number of rotatable bonds is 3. The Morgan fingerprint density at radius 1 is 1.56 bits per heavy atom. The van der Waals surface area contributed by atoms with Gasteiger partial charge in [0.1, 0.15) is 11.6 Å². The summed E-state index contributed by atoms with van der Waals surface area (Å²) in [6.45, 7) is 1.75. The van der Waals surface area contributed by atoms with Gasteiger partial charge in [0.05, 0.1) is 6.54 Å². The van der Waals surface area contributed by atoms with Gasteiger partial charge in [0.15, 0.2) is 0 Å². The summed E-state index contributed by atoms with van der Waals surface area (Å²) in [5.74, 6) is 0.194. The number of benzene rings is 1. The molecule has 1 amide bonds. The summed E-state index contributed by atoms with van der Waals surface area (Å²) < 4.78 is 15.1. The first kappa shape index (κ1) is 12.1. The third kappa shape index (κ3) is 2.48. The average Bonchev–Trinajstić information content (AvgIpc) is 2.78. The largest absolute Gasteiger partial charge is 0.465 e. The van der Waals surface area contributed by atoms with Crippen LogP contribution in [-0.4, -0.2) is 20.8 Å². The Kier molecular flexibility index (Phi) is 3.27. The molecule has 0 radical (unpaired) electrons. The Morgan fingerprint density at radius 2 is 2.33 bits per heavy atom. The van der Waals surface area contributed by atoms with E-state index in [9.17, 15) is 9.18 Å². The molecule has 6 heteroatoms. The van der Waals surface area contributed by atoms with Gasteiger partial charge in [-0.15, -0.1) is 0 Å². The zero-order valence-corrected chi connectivity index (χ0v) is 9.72.